The molecule has 5 heteroatoms. The van der Waals surface area contributed by atoms with Crippen molar-refractivity contribution in [3.8, 4) is 0 Å². The van der Waals surface area contributed by atoms with Crippen LogP contribution in [0.2, 0.25) is 0 Å². The fourth-order valence-corrected chi connectivity index (χ4v) is 1.89. The summed E-state index contributed by atoms with van der Waals surface area (Å²) in [5.41, 5.74) is 5.38. The highest BCUT2D eigenvalue weighted by Crippen LogP contribution is 2.13. The minimum atomic E-state index is 0.255. The summed E-state index contributed by atoms with van der Waals surface area (Å²) >= 11 is 0. The fourth-order valence-electron chi connectivity index (χ4n) is 1.89. The van der Waals surface area contributed by atoms with Crippen LogP contribution in [-0.2, 0) is 9.47 Å². The molecule has 1 atom stereocenters. The Morgan fingerprint density at radius 3 is 2.94 bits per heavy atom. The molecule has 1 unspecified atom stereocenters. The molecule has 0 aliphatic carbocycles. The molecule has 0 radical (unpaired) electrons. The third-order valence-corrected chi connectivity index (χ3v) is 2.85. The third-order valence-electron chi connectivity index (χ3n) is 2.85. The monoisotopic (exact) mass is 229 g/mol. The average molecular weight is 229 g/mol. The average Bonchev–Trinajstić information content (AvgIpc) is 2.74. The highest BCUT2D eigenvalue weighted by Gasteiger charge is 2.18. The molecule has 0 spiro atoms. The van der Waals surface area contributed by atoms with E-state index in [9.17, 15) is 0 Å². The number of nitrogens with two attached hydrogens (primary N) is 1. The molecule has 1 rings (SSSR count). The summed E-state index contributed by atoms with van der Waals surface area (Å²) in [6.45, 7) is 5.25. The highest BCUT2D eigenvalue weighted by atomic mass is 16.5. The number of hydrogen-bond acceptors (Lipinski definition) is 4. The molecule has 94 valence electrons. The Morgan fingerprint density at radius 1 is 1.56 bits per heavy atom. The summed E-state index contributed by atoms with van der Waals surface area (Å²) in [5, 5.41) is 7.24. The second-order valence-electron chi connectivity index (χ2n) is 4.30. The van der Waals surface area contributed by atoms with Gasteiger partial charge in [-0.25, -0.2) is 0 Å². The van der Waals surface area contributed by atoms with Crippen LogP contribution in [0.5, 0.6) is 0 Å². The number of nitrogens with one attached hydrogen (secondary N) is 1. The summed E-state index contributed by atoms with van der Waals surface area (Å²) in [5.74, 6) is 0.883. The van der Waals surface area contributed by atoms with Gasteiger partial charge in [-0.3, -0.25) is 5.41 Å². The zero-order valence-electron chi connectivity index (χ0n) is 10.1. The molecular weight excluding hydrogens is 206 g/mol. The lowest BCUT2D eigenvalue weighted by atomic mass is 10.1. The Kier molecular flexibility index (Phi) is 6.37. The summed E-state index contributed by atoms with van der Waals surface area (Å²) in [6.07, 6.45) is 1.78. The summed E-state index contributed by atoms with van der Waals surface area (Å²) in [7, 11) is 1.71. The van der Waals surface area contributed by atoms with E-state index in [-0.39, 0.29) is 5.84 Å². The van der Waals surface area contributed by atoms with E-state index in [2.05, 4.69) is 4.90 Å². The summed E-state index contributed by atoms with van der Waals surface area (Å²) in [6, 6.07) is 0. The Balaban J connectivity index is 2.26. The van der Waals surface area contributed by atoms with E-state index in [1.54, 1.807) is 7.11 Å². The van der Waals surface area contributed by atoms with Crippen molar-refractivity contribution < 1.29 is 9.47 Å². The Hall–Kier alpha value is -0.650. The molecule has 1 aliphatic heterocycles. The van der Waals surface area contributed by atoms with E-state index >= 15 is 0 Å². The van der Waals surface area contributed by atoms with Crippen molar-refractivity contribution in [2.24, 2.45) is 11.7 Å². The minimum absolute atomic E-state index is 0.255. The van der Waals surface area contributed by atoms with Crippen LogP contribution in [0.25, 0.3) is 0 Å². The Labute approximate surface area is 97.4 Å². The molecule has 0 bridgehead atoms. The zero-order valence-corrected chi connectivity index (χ0v) is 10.1. The molecular formula is C11H23N3O2. The van der Waals surface area contributed by atoms with Crippen molar-refractivity contribution in [2.45, 2.75) is 12.8 Å². The SMILES string of the molecule is COCCN(CCC(=N)N)CC1CCOC1. The minimum Gasteiger partial charge on any atom is -0.388 e. The second kappa shape index (κ2) is 7.60. The van der Waals surface area contributed by atoms with Crippen molar-refractivity contribution in [2.75, 3.05) is 46.6 Å². The largest absolute Gasteiger partial charge is 0.388 e. The van der Waals surface area contributed by atoms with Crippen LogP contribution in [0.15, 0.2) is 0 Å². The van der Waals surface area contributed by atoms with Crippen LogP contribution in [-0.4, -0.2) is 57.3 Å². The normalized spacial score (nSPS) is 20.5. The third kappa shape index (κ3) is 5.44. The second-order valence-corrected chi connectivity index (χ2v) is 4.30. The van der Waals surface area contributed by atoms with Gasteiger partial charge in [-0.2, -0.15) is 0 Å². The van der Waals surface area contributed by atoms with Crippen molar-refractivity contribution in [3.63, 3.8) is 0 Å². The molecule has 3 N–H and O–H groups in total. The van der Waals surface area contributed by atoms with Gasteiger partial charge in [0.25, 0.3) is 0 Å². The maximum Gasteiger partial charge on any atom is 0.0918 e. The fraction of sp³-hybridized carbons (Fsp3) is 0.909. The number of rotatable bonds is 8. The van der Waals surface area contributed by atoms with Gasteiger partial charge >= 0.3 is 0 Å². The van der Waals surface area contributed by atoms with Crippen LogP contribution < -0.4 is 5.73 Å². The van der Waals surface area contributed by atoms with E-state index in [0.29, 0.717) is 12.3 Å². The van der Waals surface area contributed by atoms with Crippen molar-refractivity contribution in [3.05, 3.63) is 0 Å². The van der Waals surface area contributed by atoms with Gasteiger partial charge in [0.05, 0.1) is 19.0 Å². The number of methoxy groups -OCH3 is 1. The molecule has 0 aromatic rings. The van der Waals surface area contributed by atoms with Gasteiger partial charge in [0.1, 0.15) is 0 Å². The molecule has 0 saturated carbocycles. The van der Waals surface area contributed by atoms with Crippen LogP contribution in [0, 0.1) is 11.3 Å². The molecule has 1 saturated heterocycles. The molecule has 0 aromatic heterocycles. The van der Waals surface area contributed by atoms with Crippen molar-refractivity contribution >= 4 is 5.84 Å². The maximum absolute atomic E-state index is 7.24. The lowest BCUT2D eigenvalue weighted by molar-refractivity contribution is 0.130. The Morgan fingerprint density at radius 2 is 2.38 bits per heavy atom. The first-order valence-electron chi connectivity index (χ1n) is 5.84. The smallest absolute Gasteiger partial charge is 0.0918 e. The first-order valence-corrected chi connectivity index (χ1v) is 5.84. The lowest BCUT2D eigenvalue weighted by Gasteiger charge is -2.24. The van der Waals surface area contributed by atoms with Gasteiger partial charge in [-0.15, -0.1) is 0 Å². The lowest BCUT2D eigenvalue weighted by Crippen LogP contribution is -2.35. The highest BCUT2D eigenvalue weighted by molar-refractivity contribution is 5.76. The number of hydrogen-bond donors (Lipinski definition) is 2. The van der Waals surface area contributed by atoms with Gasteiger partial charge in [0, 0.05) is 39.8 Å². The first-order chi connectivity index (χ1) is 7.72. The number of ether oxygens (including phenoxy) is 2. The van der Waals surface area contributed by atoms with E-state index in [0.717, 1.165) is 45.9 Å². The summed E-state index contributed by atoms with van der Waals surface area (Å²) < 4.78 is 10.4. The maximum atomic E-state index is 7.24. The quantitative estimate of drug-likeness (QED) is 0.464. The van der Waals surface area contributed by atoms with E-state index < -0.39 is 0 Å². The topological polar surface area (TPSA) is 71.6 Å². The molecule has 0 aromatic carbocycles. The molecule has 0 amide bonds. The zero-order chi connectivity index (χ0) is 11.8. The van der Waals surface area contributed by atoms with Gasteiger partial charge in [-0.1, -0.05) is 0 Å². The van der Waals surface area contributed by atoms with Crippen LogP contribution in [0.1, 0.15) is 12.8 Å². The molecule has 1 aliphatic rings. The van der Waals surface area contributed by atoms with Gasteiger partial charge in [0.15, 0.2) is 0 Å². The van der Waals surface area contributed by atoms with Crippen molar-refractivity contribution in [1.29, 1.82) is 5.41 Å². The summed E-state index contributed by atoms with van der Waals surface area (Å²) in [4.78, 5) is 2.31. The van der Waals surface area contributed by atoms with E-state index in [1.165, 1.54) is 0 Å². The van der Waals surface area contributed by atoms with Gasteiger partial charge in [-0.05, 0) is 12.3 Å². The van der Waals surface area contributed by atoms with Crippen molar-refractivity contribution in [1.82, 2.24) is 4.90 Å². The van der Waals surface area contributed by atoms with E-state index in [1.807, 2.05) is 0 Å². The molecule has 16 heavy (non-hydrogen) atoms. The first kappa shape index (κ1) is 13.4. The Bertz CT molecular complexity index is 205. The van der Waals surface area contributed by atoms with Gasteiger partial charge < -0.3 is 20.1 Å². The molecule has 5 nitrogen and oxygen atoms in total. The number of amidine groups is 1. The standard InChI is InChI=1S/C11H23N3O2/c1-15-7-5-14(4-2-11(12)13)8-10-3-6-16-9-10/h10H,2-9H2,1H3,(H3,12,13). The van der Waals surface area contributed by atoms with Crippen LogP contribution in [0.4, 0.5) is 0 Å². The van der Waals surface area contributed by atoms with Crippen LogP contribution in [0.3, 0.4) is 0 Å². The van der Waals surface area contributed by atoms with E-state index in [4.69, 9.17) is 20.6 Å². The number of nitrogens with zero attached hydrogens (tertiary/aromatic N) is 1. The predicted octanol–water partition coefficient (Wildman–Crippen LogP) is 0.297. The molecule has 1 heterocycles. The predicted molar refractivity (Wildman–Crippen MR) is 63.8 cm³/mol. The molecule has 1 fully saturated rings. The van der Waals surface area contributed by atoms with Crippen LogP contribution >= 0.6 is 0 Å². The van der Waals surface area contributed by atoms with Gasteiger partial charge in [0.2, 0.25) is 0 Å².